The number of nitrogens with one attached hydrogen (secondary N) is 1. The first-order valence-electron chi connectivity index (χ1n) is 10.1. The van der Waals surface area contributed by atoms with E-state index in [1.807, 2.05) is 49.6 Å². The van der Waals surface area contributed by atoms with Crippen molar-refractivity contribution in [2.24, 2.45) is 0 Å². The minimum absolute atomic E-state index is 0.249. The number of amides is 1. The van der Waals surface area contributed by atoms with Crippen molar-refractivity contribution in [3.8, 4) is 5.75 Å². The quantitative estimate of drug-likeness (QED) is 0.374. The molecule has 0 saturated heterocycles. The van der Waals surface area contributed by atoms with Crippen molar-refractivity contribution >= 4 is 34.8 Å². The molecule has 0 radical (unpaired) electrons. The second-order valence-electron chi connectivity index (χ2n) is 7.65. The Balaban J connectivity index is 1.36. The summed E-state index contributed by atoms with van der Waals surface area (Å²) in [6, 6.07) is 13.6. The molecule has 4 aromatic rings. The van der Waals surface area contributed by atoms with E-state index in [0.717, 1.165) is 28.0 Å². The van der Waals surface area contributed by atoms with E-state index in [0.29, 0.717) is 23.1 Å². The lowest BCUT2D eigenvalue weighted by Gasteiger charge is -2.12. The third-order valence-corrected chi connectivity index (χ3v) is 6.26. The van der Waals surface area contributed by atoms with Gasteiger partial charge in [-0.2, -0.15) is 0 Å². The van der Waals surface area contributed by atoms with Crippen LogP contribution >= 0.6 is 22.9 Å². The topological polar surface area (TPSA) is 69.0 Å². The van der Waals surface area contributed by atoms with Crippen LogP contribution in [0.1, 0.15) is 37.5 Å². The molecule has 0 atom stereocenters. The number of thiophene rings is 1. The SMILES string of the molecule is Cc1cc(C)c(OCc2csc(C(=O)Nc3ncn(Cc4ccccc4Cl)n3)c2)c(C)c1. The minimum Gasteiger partial charge on any atom is -0.488 e. The highest BCUT2D eigenvalue weighted by Gasteiger charge is 2.13. The minimum atomic E-state index is -0.251. The van der Waals surface area contributed by atoms with E-state index in [9.17, 15) is 4.79 Å². The van der Waals surface area contributed by atoms with Crippen LogP contribution in [0.3, 0.4) is 0 Å². The van der Waals surface area contributed by atoms with Gasteiger partial charge in [0, 0.05) is 10.6 Å². The number of hydrogen-bond acceptors (Lipinski definition) is 5. The smallest absolute Gasteiger partial charge is 0.268 e. The van der Waals surface area contributed by atoms with E-state index in [2.05, 4.69) is 34.5 Å². The molecule has 2 aromatic carbocycles. The molecule has 0 aliphatic heterocycles. The fourth-order valence-corrected chi connectivity index (χ4v) is 4.50. The number of carbonyl (C=O) groups is 1. The zero-order valence-electron chi connectivity index (χ0n) is 18.1. The molecule has 4 rings (SSSR count). The molecule has 2 aromatic heterocycles. The van der Waals surface area contributed by atoms with Gasteiger partial charge in [0.15, 0.2) is 0 Å². The third kappa shape index (κ3) is 5.18. The Morgan fingerprint density at radius 1 is 1.16 bits per heavy atom. The van der Waals surface area contributed by atoms with E-state index in [1.165, 1.54) is 16.9 Å². The lowest BCUT2D eigenvalue weighted by molar-refractivity contribution is 0.102. The van der Waals surface area contributed by atoms with Crippen molar-refractivity contribution in [3.05, 3.63) is 91.9 Å². The highest BCUT2D eigenvalue weighted by atomic mass is 35.5. The van der Waals surface area contributed by atoms with Crippen molar-refractivity contribution in [2.75, 3.05) is 5.32 Å². The summed E-state index contributed by atoms with van der Waals surface area (Å²) in [5.41, 5.74) is 5.30. The molecule has 0 spiro atoms. The van der Waals surface area contributed by atoms with Crippen molar-refractivity contribution in [3.63, 3.8) is 0 Å². The van der Waals surface area contributed by atoms with Gasteiger partial charge < -0.3 is 4.74 Å². The van der Waals surface area contributed by atoms with Gasteiger partial charge in [-0.1, -0.05) is 47.5 Å². The van der Waals surface area contributed by atoms with E-state index in [4.69, 9.17) is 16.3 Å². The summed E-state index contributed by atoms with van der Waals surface area (Å²) < 4.78 is 7.66. The maximum Gasteiger partial charge on any atom is 0.268 e. The average Bonchev–Trinajstić information content (AvgIpc) is 3.38. The van der Waals surface area contributed by atoms with E-state index >= 15 is 0 Å². The fourth-order valence-electron chi connectivity index (χ4n) is 3.51. The van der Waals surface area contributed by atoms with Crippen LogP contribution in [0, 0.1) is 20.8 Å². The zero-order chi connectivity index (χ0) is 22.7. The highest BCUT2D eigenvalue weighted by Crippen LogP contribution is 2.26. The molecule has 8 heteroatoms. The van der Waals surface area contributed by atoms with Gasteiger partial charge in [0.25, 0.3) is 5.91 Å². The lowest BCUT2D eigenvalue weighted by atomic mass is 10.1. The van der Waals surface area contributed by atoms with Crippen LogP contribution in [0.5, 0.6) is 5.75 Å². The van der Waals surface area contributed by atoms with Gasteiger partial charge in [-0.3, -0.25) is 10.1 Å². The molecular formula is C24H23ClN4O2S. The van der Waals surface area contributed by atoms with Gasteiger partial charge in [-0.15, -0.1) is 16.4 Å². The van der Waals surface area contributed by atoms with Crippen LogP contribution in [-0.4, -0.2) is 20.7 Å². The van der Waals surface area contributed by atoms with Crippen LogP contribution in [0.25, 0.3) is 0 Å². The second kappa shape index (κ2) is 9.54. The fraction of sp³-hybridized carbons (Fsp3) is 0.208. The molecule has 0 bridgehead atoms. The maximum atomic E-state index is 12.6. The summed E-state index contributed by atoms with van der Waals surface area (Å²) in [7, 11) is 0. The zero-order valence-corrected chi connectivity index (χ0v) is 19.6. The number of aryl methyl sites for hydroxylation is 3. The number of anilines is 1. The highest BCUT2D eigenvalue weighted by molar-refractivity contribution is 7.12. The molecule has 0 saturated carbocycles. The second-order valence-corrected chi connectivity index (χ2v) is 8.97. The van der Waals surface area contributed by atoms with Crippen molar-refractivity contribution < 1.29 is 9.53 Å². The molecule has 32 heavy (non-hydrogen) atoms. The number of halogens is 1. The Bertz CT molecular complexity index is 1240. The summed E-state index contributed by atoms with van der Waals surface area (Å²) in [6.45, 7) is 7.03. The molecule has 0 fully saturated rings. The molecule has 6 nitrogen and oxygen atoms in total. The third-order valence-electron chi connectivity index (χ3n) is 4.92. The lowest BCUT2D eigenvalue weighted by Crippen LogP contribution is -2.12. The summed E-state index contributed by atoms with van der Waals surface area (Å²) in [6.07, 6.45) is 1.57. The van der Waals surface area contributed by atoms with Crippen molar-refractivity contribution in [2.45, 2.75) is 33.9 Å². The molecule has 0 unspecified atom stereocenters. The Morgan fingerprint density at radius 3 is 2.66 bits per heavy atom. The molecule has 0 aliphatic rings. The first-order valence-corrected chi connectivity index (χ1v) is 11.4. The summed E-state index contributed by atoms with van der Waals surface area (Å²) in [4.78, 5) is 17.4. The molecule has 164 valence electrons. The Labute approximate surface area is 195 Å². The molecule has 1 N–H and O–H groups in total. The molecular weight excluding hydrogens is 444 g/mol. The Morgan fingerprint density at radius 2 is 1.91 bits per heavy atom. The number of nitrogens with zero attached hydrogens (tertiary/aromatic N) is 3. The predicted octanol–water partition coefficient (Wildman–Crippen LogP) is 5.80. The maximum absolute atomic E-state index is 12.6. The summed E-state index contributed by atoms with van der Waals surface area (Å²) in [5, 5.41) is 9.65. The van der Waals surface area contributed by atoms with Gasteiger partial charge in [0.05, 0.1) is 11.4 Å². The number of benzene rings is 2. The van der Waals surface area contributed by atoms with Crippen LogP contribution in [0.15, 0.2) is 54.2 Å². The first kappa shape index (κ1) is 22.0. The summed E-state index contributed by atoms with van der Waals surface area (Å²) >= 11 is 7.56. The number of carbonyl (C=O) groups excluding carboxylic acids is 1. The molecule has 0 aliphatic carbocycles. The number of ether oxygens (including phenoxy) is 1. The predicted molar refractivity (Wildman–Crippen MR) is 128 cm³/mol. The molecule has 1 amide bonds. The monoisotopic (exact) mass is 466 g/mol. The molecule has 2 heterocycles. The number of rotatable bonds is 7. The van der Waals surface area contributed by atoms with Gasteiger partial charge >= 0.3 is 0 Å². The average molecular weight is 467 g/mol. The standard InChI is InChI=1S/C24H23ClN4O2S/c1-15-8-16(2)22(17(3)9-15)31-12-18-10-21(32-13-18)23(30)27-24-26-14-29(28-24)11-19-6-4-5-7-20(19)25/h4-10,13-14H,11-12H2,1-3H3,(H,27,28,30). The largest absolute Gasteiger partial charge is 0.488 e. The normalized spacial score (nSPS) is 10.9. The number of hydrogen-bond donors (Lipinski definition) is 1. The Kier molecular flexibility index (Phi) is 6.58. The van der Waals surface area contributed by atoms with Gasteiger partial charge in [-0.25, -0.2) is 9.67 Å². The van der Waals surface area contributed by atoms with Gasteiger partial charge in [0.1, 0.15) is 18.7 Å². The Hall–Kier alpha value is -3.16. The van der Waals surface area contributed by atoms with E-state index < -0.39 is 0 Å². The summed E-state index contributed by atoms with van der Waals surface area (Å²) in [5.74, 6) is 0.889. The van der Waals surface area contributed by atoms with Gasteiger partial charge in [0.2, 0.25) is 5.95 Å². The van der Waals surface area contributed by atoms with Crippen LogP contribution < -0.4 is 10.1 Å². The van der Waals surface area contributed by atoms with Crippen LogP contribution in [0.2, 0.25) is 5.02 Å². The van der Waals surface area contributed by atoms with Crippen LogP contribution in [-0.2, 0) is 13.2 Å². The van der Waals surface area contributed by atoms with Gasteiger partial charge in [-0.05, 0) is 55.0 Å². The van der Waals surface area contributed by atoms with Crippen molar-refractivity contribution in [1.82, 2.24) is 14.8 Å². The van der Waals surface area contributed by atoms with E-state index in [1.54, 1.807) is 11.0 Å². The first-order chi connectivity index (χ1) is 15.4. The number of aromatic nitrogens is 3. The van der Waals surface area contributed by atoms with Crippen molar-refractivity contribution in [1.29, 1.82) is 0 Å². The van der Waals surface area contributed by atoms with E-state index in [-0.39, 0.29) is 11.9 Å². The van der Waals surface area contributed by atoms with Crippen LogP contribution in [0.4, 0.5) is 5.95 Å².